The molecule has 0 bridgehead atoms. The SMILES string of the molecule is C=C(Nc1cccc2c1C(=O)N(Cc1cccc(I)c1)C2)c1ccc(Cl)s1. The molecule has 27 heavy (non-hydrogen) atoms. The number of rotatable bonds is 5. The molecule has 1 aliphatic heterocycles. The van der Waals surface area contributed by atoms with E-state index in [1.54, 1.807) is 0 Å². The van der Waals surface area contributed by atoms with Crippen molar-refractivity contribution in [2.75, 3.05) is 5.32 Å². The molecule has 0 aliphatic carbocycles. The first-order valence-corrected chi connectivity index (χ1v) is 10.7. The number of carbonyl (C=O) groups is 1. The highest BCUT2D eigenvalue weighted by Gasteiger charge is 2.30. The Morgan fingerprint density at radius 2 is 2.04 bits per heavy atom. The van der Waals surface area contributed by atoms with E-state index in [0.29, 0.717) is 17.4 Å². The number of nitrogens with one attached hydrogen (secondary N) is 1. The molecule has 1 aliphatic rings. The van der Waals surface area contributed by atoms with Crippen LogP contribution in [0.2, 0.25) is 4.34 Å². The topological polar surface area (TPSA) is 32.3 Å². The molecular formula is C21H16ClIN2OS. The van der Waals surface area contributed by atoms with Crippen LogP contribution in [-0.4, -0.2) is 10.8 Å². The maximum absolute atomic E-state index is 13.1. The summed E-state index contributed by atoms with van der Waals surface area (Å²) in [6.07, 6.45) is 0. The first-order valence-electron chi connectivity index (χ1n) is 8.38. The van der Waals surface area contributed by atoms with Crippen molar-refractivity contribution in [3.63, 3.8) is 0 Å². The third-order valence-electron chi connectivity index (χ3n) is 4.43. The number of amides is 1. The van der Waals surface area contributed by atoms with Gasteiger partial charge in [0.2, 0.25) is 0 Å². The van der Waals surface area contributed by atoms with Gasteiger partial charge in [0.1, 0.15) is 0 Å². The predicted octanol–water partition coefficient (Wildman–Crippen LogP) is 6.24. The second-order valence-corrected chi connectivity index (χ2v) is 9.30. The molecule has 3 nitrogen and oxygen atoms in total. The largest absolute Gasteiger partial charge is 0.354 e. The highest BCUT2D eigenvalue weighted by molar-refractivity contribution is 14.1. The van der Waals surface area contributed by atoms with E-state index >= 15 is 0 Å². The van der Waals surface area contributed by atoms with Crippen LogP contribution in [0.4, 0.5) is 5.69 Å². The predicted molar refractivity (Wildman–Crippen MR) is 121 cm³/mol. The van der Waals surface area contributed by atoms with Crippen molar-refractivity contribution in [1.29, 1.82) is 0 Å². The van der Waals surface area contributed by atoms with Gasteiger partial charge in [0.05, 0.1) is 20.5 Å². The van der Waals surface area contributed by atoms with Crippen LogP contribution < -0.4 is 5.32 Å². The molecule has 1 aromatic heterocycles. The zero-order chi connectivity index (χ0) is 19.0. The van der Waals surface area contributed by atoms with Crippen LogP contribution in [0.25, 0.3) is 5.70 Å². The summed E-state index contributed by atoms with van der Waals surface area (Å²) in [7, 11) is 0. The van der Waals surface area contributed by atoms with Crippen molar-refractivity contribution >= 4 is 62.8 Å². The average molecular weight is 507 g/mol. The van der Waals surface area contributed by atoms with Gasteiger partial charge in [-0.15, -0.1) is 11.3 Å². The van der Waals surface area contributed by atoms with Crippen LogP contribution in [0, 0.1) is 3.57 Å². The fraction of sp³-hybridized carbons (Fsp3) is 0.0952. The molecule has 1 amide bonds. The molecular weight excluding hydrogens is 491 g/mol. The number of halogens is 2. The summed E-state index contributed by atoms with van der Waals surface area (Å²) >= 11 is 9.77. The Kier molecular flexibility index (Phi) is 5.25. The van der Waals surface area contributed by atoms with E-state index in [1.165, 1.54) is 14.9 Å². The molecule has 6 heteroatoms. The quantitative estimate of drug-likeness (QED) is 0.415. The maximum atomic E-state index is 13.1. The number of benzene rings is 2. The molecule has 0 atom stereocenters. The average Bonchev–Trinajstić information content (AvgIpc) is 3.20. The first kappa shape index (κ1) is 18.5. The Morgan fingerprint density at radius 3 is 2.78 bits per heavy atom. The molecule has 0 saturated carbocycles. The molecule has 0 unspecified atom stereocenters. The second kappa shape index (κ2) is 7.66. The van der Waals surface area contributed by atoms with Gasteiger partial charge in [0.25, 0.3) is 5.91 Å². The Labute approximate surface area is 180 Å². The van der Waals surface area contributed by atoms with Crippen LogP contribution in [0.15, 0.2) is 61.2 Å². The molecule has 3 aromatic rings. The number of carbonyl (C=O) groups excluding carboxylic acids is 1. The molecule has 136 valence electrons. The lowest BCUT2D eigenvalue weighted by molar-refractivity contribution is 0.0767. The number of hydrogen-bond donors (Lipinski definition) is 1. The summed E-state index contributed by atoms with van der Waals surface area (Å²) in [5.74, 6) is 0.0453. The minimum Gasteiger partial charge on any atom is -0.354 e. The molecule has 0 spiro atoms. The summed E-state index contributed by atoms with van der Waals surface area (Å²) in [6.45, 7) is 5.32. The highest BCUT2D eigenvalue weighted by Crippen LogP contribution is 2.33. The second-order valence-electron chi connectivity index (χ2n) is 6.34. The third-order valence-corrected chi connectivity index (χ3v) is 6.39. The Morgan fingerprint density at radius 1 is 1.22 bits per heavy atom. The Bertz CT molecular complexity index is 1050. The van der Waals surface area contributed by atoms with Gasteiger partial charge < -0.3 is 10.2 Å². The Hall–Kier alpha value is -1.83. The standard InChI is InChI=1S/C21H16ClIN2OS/c1-13(18-8-9-19(22)27-18)24-17-7-3-5-15-12-25(21(26)20(15)17)11-14-4-2-6-16(23)10-14/h2-10,24H,1,11-12H2. The fourth-order valence-corrected chi connectivity index (χ4v) is 4.78. The summed E-state index contributed by atoms with van der Waals surface area (Å²) in [5, 5.41) is 3.30. The summed E-state index contributed by atoms with van der Waals surface area (Å²) < 4.78 is 1.88. The van der Waals surface area contributed by atoms with Crippen molar-refractivity contribution in [2.45, 2.75) is 13.1 Å². The van der Waals surface area contributed by atoms with E-state index < -0.39 is 0 Å². The first-order chi connectivity index (χ1) is 13.0. The van der Waals surface area contributed by atoms with Crippen molar-refractivity contribution in [3.05, 3.63) is 90.7 Å². The van der Waals surface area contributed by atoms with Gasteiger partial charge in [-0.2, -0.15) is 0 Å². The van der Waals surface area contributed by atoms with Crippen LogP contribution in [0.3, 0.4) is 0 Å². The van der Waals surface area contributed by atoms with E-state index in [0.717, 1.165) is 33.0 Å². The van der Waals surface area contributed by atoms with Crippen LogP contribution in [0.1, 0.15) is 26.4 Å². The van der Waals surface area contributed by atoms with Gasteiger partial charge in [0.15, 0.2) is 0 Å². The summed E-state index contributed by atoms with van der Waals surface area (Å²) in [6, 6.07) is 17.9. The van der Waals surface area contributed by atoms with E-state index in [9.17, 15) is 4.79 Å². The number of anilines is 1. The van der Waals surface area contributed by atoms with Crippen LogP contribution >= 0.6 is 45.5 Å². The van der Waals surface area contributed by atoms with E-state index in [1.807, 2.05) is 41.3 Å². The molecule has 4 rings (SSSR count). The zero-order valence-electron chi connectivity index (χ0n) is 14.3. The number of fused-ring (bicyclic) bond motifs is 1. The van der Waals surface area contributed by atoms with Gasteiger partial charge in [-0.25, -0.2) is 0 Å². The van der Waals surface area contributed by atoms with Gasteiger partial charge >= 0.3 is 0 Å². The smallest absolute Gasteiger partial charge is 0.256 e. The highest BCUT2D eigenvalue weighted by atomic mass is 127. The van der Waals surface area contributed by atoms with Gasteiger partial charge in [-0.3, -0.25) is 4.79 Å². The van der Waals surface area contributed by atoms with Crippen molar-refractivity contribution in [1.82, 2.24) is 4.90 Å². The molecule has 0 radical (unpaired) electrons. The molecule has 2 aromatic carbocycles. The lowest BCUT2D eigenvalue weighted by Crippen LogP contribution is -2.23. The fourth-order valence-electron chi connectivity index (χ4n) is 3.21. The molecule has 2 heterocycles. The van der Waals surface area contributed by atoms with Gasteiger partial charge in [-0.1, -0.05) is 42.4 Å². The van der Waals surface area contributed by atoms with E-state index in [2.05, 4.69) is 52.7 Å². The number of thiophene rings is 1. The van der Waals surface area contributed by atoms with Crippen molar-refractivity contribution in [2.24, 2.45) is 0 Å². The minimum absolute atomic E-state index is 0.0453. The van der Waals surface area contributed by atoms with Crippen LogP contribution in [0.5, 0.6) is 0 Å². The molecule has 0 saturated heterocycles. The molecule has 0 fully saturated rings. The number of nitrogens with zero attached hydrogens (tertiary/aromatic N) is 1. The maximum Gasteiger partial charge on any atom is 0.256 e. The van der Waals surface area contributed by atoms with E-state index in [4.69, 9.17) is 11.6 Å². The third kappa shape index (κ3) is 3.90. The van der Waals surface area contributed by atoms with E-state index in [-0.39, 0.29) is 5.91 Å². The normalized spacial score (nSPS) is 13.0. The van der Waals surface area contributed by atoms with Crippen molar-refractivity contribution < 1.29 is 4.79 Å². The zero-order valence-corrected chi connectivity index (χ0v) is 18.1. The van der Waals surface area contributed by atoms with Gasteiger partial charge in [0, 0.05) is 22.4 Å². The Balaban J connectivity index is 1.57. The summed E-state index contributed by atoms with van der Waals surface area (Å²) in [5.41, 5.74) is 4.43. The minimum atomic E-state index is 0.0453. The molecule has 1 N–H and O–H groups in total. The number of hydrogen-bond acceptors (Lipinski definition) is 3. The lowest BCUT2D eigenvalue weighted by atomic mass is 10.1. The van der Waals surface area contributed by atoms with Crippen molar-refractivity contribution in [3.8, 4) is 0 Å². The lowest BCUT2D eigenvalue weighted by Gasteiger charge is -2.16. The summed E-state index contributed by atoms with van der Waals surface area (Å²) in [4.78, 5) is 15.9. The van der Waals surface area contributed by atoms with Crippen LogP contribution in [-0.2, 0) is 13.1 Å². The monoisotopic (exact) mass is 506 g/mol. The van der Waals surface area contributed by atoms with Gasteiger partial charge in [-0.05, 0) is 64.0 Å².